The third kappa shape index (κ3) is 4.81. The van der Waals surface area contributed by atoms with Gasteiger partial charge in [-0.1, -0.05) is 0 Å². The number of hydrogen-bond acceptors (Lipinski definition) is 6. The molecule has 2 aromatic carbocycles. The summed E-state index contributed by atoms with van der Waals surface area (Å²) in [6.07, 6.45) is -1.18. The fraction of sp³-hybridized carbons (Fsp3) is 0.278. The SMILES string of the molecule is CCOC(=O)C(Oc1ccc(NC)cc1)Oc1ccc(NC)cc1. The molecule has 0 atom stereocenters. The van der Waals surface area contributed by atoms with Crippen LogP contribution in [0.25, 0.3) is 0 Å². The first-order chi connectivity index (χ1) is 11.7. The third-order valence-corrected chi connectivity index (χ3v) is 3.25. The van der Waals surface area contributed by atoms with Crippen LogP contribution in [0.5, 0.6) is 11.5 Å². The zero-order chi connectivity index (χ0) is 17.4. The van der Waals surface area contributed by atoms with Gasteiger partial charge in [0.1, 0.15) is 11.5 Å². The van der Waals surface area contributed by atoms with Crippen molar-refractivity contribution in [1.29, 1.82) is 0 Å². The van der Waals surface area contributed by atoms with Crippen LogP contribution in [-0.2, 0) is 9.53 Å². The predicted octanol–water partition coefficient (Wildman–Crippen LogP) is 3.12. The molecule has 0 amide bonds. The molecule has 0 aromatic heterocycles. The fourth-order valence-electron chi connectivity index (χ4n) is 1.98. The number of carbonyl (C=O) groups is 1. The zero-order valence-corrected chi connectivity index (χ0v) is 14.0. The van der Waals surface area contributed by atoms with E-state index in [4.69, 9.17) is 14.2 Å². The van der Waals surface area contributed by atoms with Crippen LogP contribution < -0.4 is 20.1 Å². The number of hydrogen-bond donors (Lipinski definition) is 2. The van der Waals surface area contributed by atoms with Crippen molar-refractivity contribution < 1.29 is 19.0 Å². The molecule has 0 bridgehead atoms. The van der Waals surface area contributed by atoms with Crippen molar-refractivity contribution in [2.45, 2.75) is 13.2 Å². The summed E-state index contributed by atoms with van der Waals surface area (Å²) in [5.74, 6) is 0.450. The lowest BCUT2D eigenvalue weighted by molar-refractivity contribution is -0.165. The molecular weight excluding hydrogens is 308 g/mol. The molecule has 2 N–H and O–H groups in total. The molecule has 0 saturated heterocycles. The first-order valence-electron chi connectivity index (χ1n) is 7.72. The van der Waals surface area contributed by atoms with Gasteiger partial charge in [0.05, 0.1) is 6.61 Å². The Labute approximate surface area is 141 Å². The number of ether oxygens (including phenoxy) is 3. The smallest absolute Gasteiger partial charge is 0.389 e. The number of nitrogens with one attached hydrogen (secondary N) is 2. The van der Waals surface area contributed by atoms with Crippen molar-refractivity contribution in [3.05, 3.63) is 48.5 Å². The topological polar surface area (TPSA) is 68.8 Å². The Balaban J connectivity index is 2.11. The number of carbonyl (C=O) groups excluding carboxylic acids is 1. The maximum Gasteiger partial charge on any atom is 0.389 e. The Morgan fingerprint density at radius 3 is 1.62 bits per heavy atom. The van der Waals surface area contributed by atoms with Crippen LogP contribution in [0.2, 0.25) is 0 Å². The van der Waals surface area contributed by atoms with Crippen LogP contribution in [0, 0.1) is 0 Å². The highest BCUT2D eigenvalue weighted by molar-refractivity contribution is 5.74. The van der Waals surface area contributed by atoms with Crippen LogP contribution in [0.15, 0.2) is 48.5 Å². The number of anilines is 2. The molecule has 0 spiro atoms. The van der Waals surface area contributed by atoms with Crippen molar-refractivity contribution in [3.8, 4) is 11.5 Å². The first-order valence-corrected chi connectivity index (χ1v) is 7.72. The Morgan fingerprint density at radius 2 is 1.29 bits per heavy atom. The average Bonchev–Trinajstić information content (AvgIpc) is 2.62. The molecule has 2 rings (SSSR count). The van der Waals surface area contributed by atoms with Crippen molar-refractivity contribution in [3.63, 3.8) is 0 Å². The van der Waals surface area contributed by atoms with Crippen molar-refractivity contribution in [1.82, 2.24) is 0 Å². The summed E-state index contributed by atoms with van der Waals surface area (Å²) in [4.78, 5) is 12.1. The highest BCUT2D eigenvalue weighted by Gasteiger charge is 2.24. The van der Waals surface area contributed by atoms with E-state index in [0.29, 0.717) is 11.5 Å². The van der Waals surface area contributed by atoms with E-state index in [0.717, 1.165) is 11.4 Å². The molecule has 0 radical (unpaired) electrons. The molecule has 24 heavy (non-hydrogen) atoms. The van der Waals surface area contributed by atoms with Gasteiger partial charge in [-0.15, -0.1) is 0 Å². The molecule has 128 valence electrons. The minimum absolute atomic E-state index is 0.249. The second-order valence-electron chi connectivity index (χ2n) is 4.87. The molecule has 0 heterocycles. The quantitative estimate of drug-likeness (QED) is 0.572. The van der Waals surface area contributed by atoms with E-state index in [-0.39, 0.29) is 6.61 Å². The van der Waals surface area contributed by atoms with Crippen LogP contribution >= 0.6 is 0 Å². The Hall–Kier alpha value is -2.89. The molecular formula is C18H22N2O4. The third-order valence-electron chi connectivity index (χ3n) is 3.25. The van der Waals surface area contributed by atoms with E-state index in [1.807, 2.05) is 38.4 Å². The number of benzene rings is 2. The molecule has 6 nitrogen and oxygen atoms in total. The molecule has 0 aliphatic carbocycles. The summed E-state index contributed by atoms with van der Waals surface area (Å²) in [6, 6.07) is 14.4. The van der Waals surface area contributed by atoms with E-state index in [1.165, 1.54) is 0 Å². The maximum absolute atomic E-state index is 12.1. The fourth-order valence-corrected chi connectivity index (χ4v) is 1.98. The van der Waals surface area contributed by atoms with E-state index in [9.17, 15) is 4.79 Å². The van der Waals surface area contributed by atoms with Gasteiger partial charge in [-0.25, -0.2) is 4.79 Å². The van der Waals surface area contributed by atoms with Gasteiger partial charge in [0, 0.05) is 25.5 Å². The minimum Gasteiger partial charge on any atom is -0.460 e. The van der Waals surface area contributed by atoms with Crippen LogP contribution in [-0.4, -0.2) is 33.0 Å². The van der Waals surface area contributed by atoms with Gasteiger partial charge in [0.15, 0.2) is 0 Å². The summed E-state index contributed by atoms with van der Waals surface area (Å²) in [7, 11) is 3.66. The van der Waals surface area contributed by atoms with Gasteiger partial charge >= 0.3 is 12.3 Å². The van der Waals surface area contributed by atoms with Gasteiger partial charge in [-0.2, -0.15) is 0 Å². The largest absolute Gasteiger partial charge is 0.460 e. The van der Waals surface area contributed by atoms with E-state index < -0.39 is 12.3 Å². The summed E-state index contributed by atoms with van der Waals surface area (Å²) >= 11 is 0. The Bertz CT molecular complexity index is 592. The average molecular weight is 330 g/mol. The predicted molar refractivity (Wildman–Crippen MR) is 93.7 cm³/mol. The lowest BCUT2D eigenvalue weighted by Crippen LogP contribution is -2.35. The van der Waals surface area contributed by atoms with E-state index >= 15 is 0 Å². The van der Waals surface area contributed by atoms with E-state index in [1.54, 1.807) is 31.2 Å². The summed E-state index contributed by atoms with van der Waals surface area (Å²) < 4.78 is 16.3. The number of esters is 1. The normalized spacial score (nSPS) is 10.2. The van der Waals surface area contributed by atoms with Crippen LogP contribution in [0.4, 0.5) is 11.4 Å². The Morgan fingerprint density at radius 1 is 0.875 bits per heavy atom. The molecule has 2 aromatic rings. The lowest BCUT2D eigenvalue weighted by Gasteiger charge is -2.19. The Kier molecular flexibility index (Phi) is 6.31. The zero-order valence-electron chi connectivity index (χ0n) is 14.0. The highest BCUT2D eigenvalue weighted by atomic mass is 16.7. The standard InChI is InChI=1S/C18H22N2O4/c1-4-22-17(21)18(23-15-9-5-13(19-2)6-10-15)24-16-11-7-14(20-3)8-12-16/h5-12,18-20H,4H2,1-3H3. The summed E-state index contributed by atoms with van der Waals surface area (Å²) in [5, 5.41) is 6.03. The maximum atomic E-state index is 12.1. The molecule has 0 aliphatic rings. The van der Waals surface area contributed by atoms with Crippen molar-refractivity contribution in [2.75, 3.05) is 31.3 Å². The van der Waals surface area contributed by atoms with Gasteiger partial charge in [-0.3, -0.25) is 0 Å². The molecule has 0 saturated carbocycles. The van der Waals surface area contributed by atoms with Gasteiger partial charge < -0.3 is 24.8 Å². The van der Waals surface area contributed by atoms with E-state index in [2.05, 4.69) is 10.6 Å². The second kappa shape index (κ2) is 8.67. The van der Waals surface area contributed by atoms with Crippen LogP contribution in [0.1, 0.15) is 6.92 Å². The van der Waals surface area contributed by atoms with Gasteiger partial charge in [0.2, 0.25) is 0 Å². The highest BCUT2D eigenvalue weighted by Crippen LogP contribution is 2.20. The second-order valence-corrected chi connectivity index (χ2v) is 4.87. The van der Waals surface area contributed by atoms with Gasteiger partial charge in [0.25, 0.3) is 0 Å². The van der Waals surface area contributed by atoms with Crippen LogP contribution in [0.3, 0.4) is 0 Å². The lowest BCUT2D eigenvalue weighted by atomic mass is 10.3. The molecule has 6 heteroatoms. The number of rotatable bonds is 8. The van der Waals surface area contributed by atoms with Crippen molar-refractivity contribution >= 4 is 17.3 Å². The molecule has 0 unspecified atom stereocenters. The first kappa shape index (κ1) is 17.5. The minimum atomic E-state index is -1.18. The van der Waals surface area contributed by atoms with Gasteiger partial charge in [-0.05, 0) is 55.5 Å². The monoisotopic (exact) mass is 330 g/mol. The summed E-state index contributed by atoms with van der Waals surface area (Å²) in [6.45, 7) is 1.98. The molecule has 0 aliphatic heterocycles. The van der Waals surface area contributed by atoms with Crippen molar-refractivity contribution in [2.24, 2.45) is 0 Å². The summed E-state index contributed by atoms with van der Waals surface area (Å²) in [5.41, 5.74) is 1.89. The molecule has 0 fully saturated rings.